The lowest BCUT2D eigenvalue weighted by molar-refractivity contribution is -0.167. The smallest absolute Gasteiger partial charge is 0.306 e. The van der Waals surface area contributed by atoms with Gasteiger partial charge in [0.05, 0.1) is 0 Å². The van der Waals surface area contributed by atoms with Crippen molar-refractivity contribution in [2.75, 3.05) is 13.2 Å². The number of unbranched alkanes of at least 4 members (excludes halogenated alkanes) is 34. The number of carbonyl (C=O) groups excluding carboxylic acids is 3. The van der Waals surface area contributed by atoms with Gasteiger partial charge in [-0.05, 0) is 37.0 Å². The number of hydrogen-bond acceptors (Lipinski definition) is 6. The molecule has 0 rings (SSSR count). The van der Waals surface area contributed by atoms with Crippen molar-refractivity contribution < 1.29 is 28.6 Å². The lowest BCUT2D eigenvalue weighted by Crippen LogP contribution is -2.30. The Morgan fingerprint density at radius 3 is 0.672 bits per heavy atom. The Kier molecular flexibility index (Phi) is 48.1. The van der Waals surface area contributed by atoms with Crippen molar-refractivity contribution >= 4 is 17.9 Å². The molecule has 0 bridgehead atoms. The minimum absolute atomic E-state index is 0.0644. The summed E-state index contributed by atoms with van der Waals surface area (Å²) in [5.74, 6) is 1.63. The van der Waals surface area contributed by atoms with E-state index in [4.69, 9.17) is 14.2 Å². The molecule has 0 amide bonds. The molecule has 0 aliphatic rings. The fourth-order valence-electron chi connectivity index (χ4n) is 8.82. The van der Waals surface area contributed by atoms with Gasteiger partial charge in [-0.15, -0.1) is 0 Å². The van der Waals surface area contributed by atoms with Crippen LogP contribution in [0.2, 0.25) is 0 Å². The Bertz CT molecular complexity index is 991. The first-order valence-corrected chi connectivity index (χ1v) is 28.6. The minimum atomic E-state index is -0.763. The molecular weight excluding hydrogens is 793 g/mol. The highest BCUT2D eigenvalue weighted by Crippen LogP contribution is 2.18. The fraction of sp³-hybridized carbons (Fsp3) is 0.948. The summed E-state index contributed by atoms with van der Waals surface area (Å²) >= 11 is 0. The molecule has 6 nitrogen and oxygen atoms in total. The Hall–Kier alpha value is -1.59. The van der Waals surface area contributed by atoms with Crippen molar-refractivity contribution in [2.24, 2.45) is 17.8 Å². The van der Waals surface area contributed by atoms with Crippen LogP contribution in [0.3, 0.4) is 0 Å². The maximum Gasteiger partial charge on any atom is 0.306 e. The van der Waals surface area contributed by atoms with E-state index >= 15 is 0 Å². The van der Waals surface area contributed by atoms with Gasteiger partial charge in [0, 0.05) is 19.3 Å². The van der Waals surface area contributed by atoms with Gasteiger partial charge in [-0.3, -0.25) is 14.4 Å². The van der Waals surface area contributed by atoms with E-state index in [9.17, 15) is 14.4 Å². The molecular formula is C58H112O6. The van der Waals surface area contributed by atoms with E-state index in [-0.39, 0.29) is 31.1 Å². The topological polar surface area (TPSA) is 78.9 Å². The van der Waals surface area contributed by atoms with Gasteiger partial charge in [-0.25, -0.2) is 0 Å². The molecule has 0 N–H and O–H groups in total. The average Bonchev–Trinajstić information content (AvgIpc) is 3.25. The first-order chi connectivity index (χ1) is 31.1. The van der Waals surface area contributed by atoms with Gasteiger partial charge in [0.25, 0.3) is 0 Å². The molecule has 0 saturated heterocycles. The zero-order valence-electron chi connectivity index (χ0n) is 44.1. The number of carbonyl (C=O) groups is 3. The molecule has 0 aromatic rings. The zero-order chi connectivity index (χ0) is 47.0. The van der Waals surface area contributed by atoms with Gasteiger partial charge >= 0.3 is 17.9 Å². The Morgan fingerprint density at radius 2 is 0.453 bits per heavy atom. The third-order valence-corrected chi connectivity index (χ3v) is 13.1. The average molecular weight is 906 g/mol. The van der Waals surface area contributed by atoms with Crippen molar-refractivity contribution in [2.45, 2.75) is 324 Å². The van der Waals surface area contributed by atoms with E-state index in [0.717, 1.165) is 75.5 Å². The standard InChI is InChI=1S/C58H112O6/c1-52(2)44-38-32-26-21-17-13-9-7-8-10-15-19-23-29-35-41-47-56(59)62-50-55(64-58(61)49-43-37-31-25-28-34-40-46-54(5)6)51-63-57(60)48-42-36-30-24-20-16-12-11-14-18-22-27-33-39-45-53(3)4/h52-55H,7-51H2,1-6H3/t55-/m1/s1. The van der Waals surface area contributed by atoms with Gasteiger partial charge < -0.3 is 14.2 Å². The van der Waals surface area contributed by atoms with E-state index in [0.29, 0.717) is 19.3 Å². The molecule has 0 aliphatic carbocycles. The van der Waals surface area contributed by atoms with E-state index in [2.05, 4.69) is 41.5 Å². The lowest BCUT2D eigenvalue weighted by Gasteiger charge is -2.18. The van der Waals surface area contributed by atoms with E-state index in [1.165, 1.54) is 199 Å². The molecule has 0 radical (unpaired) electrons. The molecule has 0 aromatic carbocycles. The second-order valence-electron chi connectivity index (χ2n) is 21.4. The number of hydrogen-bond donors (Lipinski definition) is 0. The Morgan fingerprint density at radius 1 is 0.266 bits per heavy atom. The first kappa shape index (κ1) is 62.4. The van der Waals surface area contributed by atoms with E-state index in [1.807, 2.05) is 0 Å². The van der Waals surface area contributed by atoms with Crippen LogP contribution in [0.1, 0.15) is 318 Å². The molecule has 0 saturated carbocycles. The maximum absolute atomic E-state index is 12.8. The van der Waals surface area contributed by atoms with Gasteiger partial charge in [0.1, 0.15) is 13.2 Å². The van der Waals surface area contributed by atoms with Crippen LogP contribution >= 0.6 is 0 Å². The van der Waals surface area contributed by atoms with Gasteiger partial charge in [0.15, 0.2) is 6.10 Å². The third-order valence-electron chi connectivity index (χ3n) is 13.1. The van der Waals surface area contributed by atoms with Crippen LogP contribution in [0, 0.1) is 17.8 Å². The second kappa shape index (κ2) is 49.3. The summed E-state index contributed by atoms with van der Waals surface area (Å²) < 4.78 is 16.9. The largest absolute Gasteiger partial charge is 0.462 e. The summed E-state index contributed by atoms with van der Waals surface area (Å²) in [5.41, 5.74) is 0. The molecule has 64 heavy (non-hydrogen) atoms. The number of ether oxygens (including phenoxy) is 3. The molecule has 0 spiro atoms. The van der Waals surface area contributed by atoms with Crippen LogP contribution in [0.4, 0.5) is 0 Å². The molecule has 1 atom stereocenters. The molecule has 0 unspecified atom stereocenters. The highest BCUT2D eigenvalue weighted by atomic mass is 16.6. The van der Waals surface area contributed by atoms with Gasteiger partial charge in [-0.1, -0.05) is 279 Å². The van der Waals surface area contributed by atoms with Gasteiger partial charge in [0.2, 0.25) is 0 Å². The first-order valence-electron chi connectivity index (χ1n) is 28.6. The molecule has 0 aliphatic heterocycles. The van der Waals surface area contributed by atoms with Crippen LogP contribution in [0.5, 0.6) is 0 Å². The minimum Gasteiger partial charge on any atom is -0.462 e. The summed E-state index contributed by atoms with van der Waals surface area (Å²) in [6.07, 6.45) is 51.1. The monoisotopic (exact) mass is 905 g/mol. The molecule has 0 aromatic heterocycles. The molecule has 380 valence electrons. The van der Waals surface area contributed by atoms with Crippen LogP contribution in [-0.2, 0) is 28.6 Å². The van der Waals surface area contributed by atoms with Crippen molar-refractivity contribution in [3.05, 3.63) is 0 Å². The van der Waals surface area contributed by atoms with Crippen LogP contribution < -0.4 is 0 Å². The predicted octanol–water partition coefficient (Wildman–Crippen LogP) is 18.7. The van der Waals surface area contributed by atoms with Crippen LogP contribution in [0.25, 0.3) is 0 Å². The quantitative estimate of drug-likeness (QED) is 0.0344. The normalized spacial score (nSPS) is 12.1. The number of esters is 3. The summed E-state index contributed by atoms with van der Waals surface area (Å²) in [6.45, 7) is 13.7. The molecule has 0 fully saturated rings. The Labute approximate surface area is 399 Å². The summed E-state index contributed by atoms with van der Waals surface area (Å²) in [5, 5.41) is 0. The highest BCUT2D eigenvalue weighted by Gasteiger charge is 2.19. The highest BCUT2D eigenvalue weighted by molar-refractivity contribution is 5.71. The third kappa shape index (κ3) is 51.4. The molecule has 6 heteroatoms. The Balaban J connectivity index is 4.21. The predicted molar refractivity (Wildman–Crippen MR) is 275 cm³/mol. The van der Waals surface area contributed by atoms with Crippen LogP contribution in [0.15, 0.2) is 0 Å². The second-order valence-corrected chi connectivity index (χ2v) is 21.4. The van der Waals surface area contributed by atoms with Crippen molar-refractivity contribution in [1.82, 2.24) is 0 Å². The SMILES string of the molecule is CC(C)CCCCCCCCCCCCCCCCCCC(=O)OC[C@H](COC(=O)CCCCCCCCCCCCCCCCC(C)C)OC(=O)CCCCCCCCCC(C)C. The lowest BCUT2D eigenvalue weighted by atomic mass is 10.0. The van der Waals surface area contributed by atoms with Crippen molar-refractivity contribution in [3.8, 4) is 0 Å². The van der Waals surface area contributed by atoms with Crippen molar-refractivity contribution in [3.63, 3.8) is 0 Å². The zero-order valence-corrected chi connectivity index (χ0v) is 44.1. The van der Waals surface area contributed by atoms with Crippen LogP contribution in [-0.4, -0.2) is 37.2 Å². The van der Waals surface area contributed by atoms with Crippen molar-refractivity contribution in [1.29, 1.82) is 0 Å². The summed E-state index contributed by atoms with van der Waals surface area (Å²) in [7, 11) is 0. The maximum atomic E-state index is 12.8. The van der Waals surface area contributed by atoms with Gasteiger partial charge in [-0.2, -0.15) is 0 Å². The fourth-order valence-corrected chi connectivity index (χ4v) is 8.82. The summed E-state index contributed by atoms with van der Waals surface area (Å²) in [4.78, 5) is 38.1. The molecule has 0 heterocycles. The number of rotatable bonds is 51. The summed E-state index contributed by atoms with van der Waals surface area (Å²) in [6, 6.07) is 0. The van der Waals surface area contributed by atoms with E-state index < -0.39 is 6.10 Å². The van der Waals surface area contributed by atoms with E-state index in [1.54, 1.807) is 0 Å².